The maximum Gasteiger partial charge on any atom is 0.228 e. The summed E-state index contributed by atoms with van der Waals surface area (Å²) in [6, 6.07) is 15.9. The summed E-state index contributed by atoms with van der Waals surface area (Å²) < 4.78 is 0. The molecule has 1 heterocycles. The predicted molar refractivity (Wildman–Crippen MR) is 99.3 cm³/mol. The van der Waals surface area contributed by atoms with Gasteiger partial charge in [0.2, 0.25) is 11.8 Å². The van der Waals surface area contributed by atoms with Gasteiger partial charge in [0.15, 0.2) is 0 Å². The molecular weight excluding hydrogens is 312 g/mol. The Morgan fingerprint density at radius 2 is 1.80 bits per heavy atom. The summed E-state index contributed by atoms with van der Waals surface area (Å²) in [4.78, 5) is 28.6. The molecule has 2 aromatic carbocycles. The second kappa shape index (κ2) is 7.09. The molecule has 3 rings (SSSR count). The van der Waals surface area contributed by atoms with Crippen molar-refractivity contribution in [2.75, 3.05) is 18.5 Å². The van der Waals surface area contributed by atoms with Crippen LogP contribution in [-0.2, 0) is 16.1 Å². The summed E-state index contributed by atoms with van der Waals surface area (Å²) in [6.07, 6.45) is 0.283. The molecule has 1 unspecified atom stereocenters. The van der Waals surface area contributed by atoms with Crippen molar-refractivity contribution in [3.05, 3.63) is 65.2 Å². The Labute approximate surface area is 149 Å². The van der Waals surface area contributed by atoms with Crippen molar-refractivity contribution in [3.8, 4) is 0 Å². The molecule has 4 nitrogen and oxygen atoms in total. The van der Waals surface area contributed by atoms with Gasteiger partial charge in [-0.2, -0.15) is 0 Å². The zero-order valence-electron chi connectivity index (χ0n) is 15.0. The van der Waals surface area contributed by atoms with Crippen LogP contribution in [0.2, 0.25) is 0 Å². The number of benzene rings is 2. The summed E-state index contributed by atoms with van der Waals surface area (Å²) in [6.45, 7) is 5.09. The molecule has 0 radical (unpaired) electrons. The van der Waals surface area contributed by atoms with E-state index in [4.69, 9.17) is 0 Å². The highest BCUT2D eigenvalue weighted by Crippen LogP contribution is 2.26. The Morgan fingerprint density at radius 3 is 2.48 bits per heavy atom. The van der Waals surface area contributed by atoms with E-state index < -0.39 is 0 Å². The predicted octanol–water partition coefficient (Wildman–Crippen LogP) is 3.31. The Kier molecular flexibility index (Phi) is 4.88. The van der Waals surface area contributed by atoms with Gasteiger partial charge in [0, 0.05) is 32.2 Å². The normalized spacial score (nSPS) is 17.0. The highest BCUT2D eigenvalue weighted by molar-refractivity contribution is 6.00. The number of carbonyl (C=O) groups is 2. The molecule has 0 aromatic heterocycles. The Balaban J connectivity index is 1.68. The lowest BCUT2D eigenvalue weighted by Crippen LogP contribution is -2.34. The van der Waals surface area contributed by atoms with Crippen LogP contribution in [0, 0.1) is 19.8 Å². The Hall–Kier alpha value is -2.62. The molecule has 25 heavy (non-hydrogen) atoms. The summed E-state index contributed by atoms with van der Waals surface area (Å²) in [5.41, 5.74) is 4.33. The van der Waals surface area contributed by atoms with Crippen LogP contribution in [0.4, 0.5) is 5.69 Å². The van der Waals surface area contributed by atoms with E-state index >= 15 is 0 Å². The highest BCUT2D eigenvalue weighted by Gasteiger charge is 2.36. The Bertz CT molecular complexity index is 783. The number of anilines is 1. The highest BCUT2D eigenvalue weighted by atomic mass is 16.2. The molecule has 0 N–H and O–H groups in total. The largest absolute Gasteiger partial charge is 0.341 e. The molecule has 2 aromatic rings. The van der Waals surface area contributed by atoms with E-state index in [0.717, 1.165) is 16.8 Å². The average Bonchev–Trinajstić information content (AvgIpc) is 2.98. The van der Waals surface area contributed by atoms with E-state index in [0.29, 0.717) is 13.1 Å². The smallest absolute Gasteiger partial charge is 0.228 e. The first-order chi connectivity index (χ1) is 12.0. The Morgan fingerprint density at radius 1 is 1.12 bits per heavy atom. The number of nitrogens with zero attached hydrogens (tertiary/aromatic N) is 2. The van der Waals surface area contributed by atoms with Crippen LogP contribution < -0.4 is 4.90 Å². The standard InChI is InChI=1S/C21H24N2O2/c1-15-8-10-19(11-9-15)23-14-18(12-20(23)24)21(25)22(3)13-17-7-5-4-6-16(17)2/h4-11,18H,12-14H2,1-3H3. The number of carbonyl (C=O) groups excluding carboxylic acids is 2. The summed E-state index contributed by atoms with van der Waals surface area (Å²) >= 11 is 0. The van der Waals surface area contributed by atoms with Crippen molar-refractivity contribution in [2.45, 2.75) is 26.8 Å². The van der Waals surface area contributed by atoms with Gasteiger partial charge >= 0.3 is 0 Å². The maximum atomic E-state index is 12.8. The van der Waals surface area contributed by atoms with Gasteiger partial charge in [-0.25, -0.2) is 0 Å². The maximum absolute atomic E-state index is 12.8. The first-order valence-corrected chi connectivity index (χ1v) is 8.62. The van der Waals surface area contributed by atoms with Crippen molar-refractivity contribution < 1.29 is 9.59 Å². The zero-order valence-corrected chi connectivity index (χ0v) is 15.0. The number of hydrogen-bond acceptors (Lipinski definition) is 2. The topological polar surface area (TPSA) is 40.6 Å². The van der Waals surface area contributed by atoms with Gasteiger partial charge in [0.1, 0.15) is 0 Å². The molecule has 0 bridgehead atoms. The first-order valence-electron chi connectivity index (χ1n) is 8.62. The van der Waals surface area contributed by atoms with Gasteiger partial charge in [-0.3, -0.25) is 9.59 Å². The van der Waals surface area contributed by atoms with E-state index in [-0.39, 0.29) is 24.2 Å². The van der Waals surface area contributed by atoms with Gasteiger partial charge in [-0.15, -0.1) is 0 Å². The third-order valence-electron chi connectivity index (χ3n) is 4.86. The monoisotopic (exact) mass is 336 g/mol. The lowest BCUT2D eigenvalue weighted by molar-refractivity contribution is -0.135. The van der Waals surface area contributed by atoms with Crippen LogP contribution in [0.25, 0.3) is 0 Å². The lowest BCUT2D eigenvalue weighted by atomic mass is 10.1. The second-order valence-electron chi connectivity index (χ2n) is 6.86. The van der Waals surface area contributed by atoms with Crippen molar-refractivity contribution in [1.29, 1.82) is 0 Å². The van der Waals surface area contributed by atoms with Crippen molar-refractivity contribution in [3.63, 3.8) is 0 Å². The second-order valence-corrected chi connectivity index (χ2v) is 6.86. The molecule has 130 valence electrons. The van der Waals surface area contributed by atoms with Crippen LogP contribution in [0.5, 0.6) is 0 Å². The molecule has 2 amide bonds. The number of rotatable bonds is 4. The van der Waals surface area contributed by atoms with Gasteiger partial charge in [0.05, 0.1) is 5.92 Å². The molecule has 1 saturated heterocycles. The third-order valence-corrected chi connectivity index (χ3v) is 4.86. The van der Waals surface area contributed by atoms with E-state index in [9.17, 15) is 9.59 Å². The molecule has 1 atom stereocenters. The van der Waals surface area contributed by atoms with Gasteiger partial charge in [-0.05, 0) is 37.1 Å². The van der Waals surface area contributed by atoms with E-state index in [1.54, 1.807) is 9.80 Å². The molecule has 1 aliphatic heterocycles. The summed E-state index contributed by atoms with van der Waals surface area (Å²) in [5.74, 6) is -0.222. The molecule has 1 aliphatic rings. The third kappa shape index (κ3) is 3.73. The summed E-state index contributed by atoms with van der Waals surface area (Å²) in [7, 11) is 1.81. The van der Waals surface area contributed by atoms with Gasteiger partial charge in [-0.1, -0.05) is 42.0 Å². The van der Waals surface area contributed by atoms with Gasteiger partial charge in [0.25, 0.3) is 0 Å². The molecule has 0 saturated carbocycles. The molecule has 0 spiro atoms. The lowest BCUT2D eigenvalue weighted by Gasteiger charge is -2.22. The molecule has 0 aliphatic carbocycles. The minimum Gasteiger partial charge on any atom is -0.341 e. The van der Waals surface area contributed by atoms with Crippen LogP contribution in [0.1, 0.15) is 23.1 Å². The van der Waals surface area contributed by atoms with Crippen molar-refractivity contribution in [1.82, 2.24) is 4.90 Å². The zero-order chi connectivity index (χ0) is 18.0. The number of hydrogen-bond donors (Lipinski definition) is 0. The first kappa shape index (κ1) is 17.2. The minimum absolute atomic E-state index is 0.0199. The quantitative estimate of drug-likeness (QED) is 0.859. The summed E-state index contributed by atoms with van der Waals surface area (Å²) in [5, 5.41) is 0. The minimum atomic E-state index is -0.275. The van der Waals surface area contributed by atoms with Crippen molar-refractivity contribution in [2.24, 2.45) is 5.92 Å². The van der Waals surface area contributed by atoms with E-state index in [1.807, 2.05) is 69.4 Å². The average molecular weight is 336 g/mol. The van der Waals surface area contributed by atoms with E-state index in [1.165, 1.54) is 5.56 Å². The fourth-order valence-electron chi connectivity index (χ4n) is 3.28. The van der Waals surface area contributed by atoms with Crippen LogP contribution >= 0.6 is 0 Å². The van der Waals surface area contributed by atoms with Crippen LogP contribution in [0.3, 0.4) is 0 Å². The van der Waals surface area contributed by atoms with Crippen molar-refractivity contribution >= 4 is 17.5 Å². The van der Waals surface area contributed by atoms with Gasteiger partial charge < -0.3 is 9.80 Å². The SMILES string of the molecule is Cc1ccc(N2CC(C(=O)N(C)Cc3ccccc3C)CC2=O)cc1. The number of amides is 2. The fraction of sp³-hybridized carbons (Fsp3) is 0.333. The van der Waals surface area contributed by atoms with E-state index in [2.05, 4.69) is 0 Å². The van der Waals surface area contributed by atoms with Crippen LogP contribution in [0.15, 0.2) is 48.5 Å². The fourth-order valence-corrected chi connectivity index (χ4v) is 3.28. The molecular formula is C21H24N2O2. The molecule has 1 fully saturated rings. The number of aryl methyl sites for hydroxylation is 2. The molecule has 4 heteroatoms. The van der Waals surface area contributed by atoms with Crippen LogP contribution in [-0.4, -0.2) is 30.3 Å².